The van der Waals surface area contributed by atoms with Gasteiger partial charge in [-0.3, -0.25) is 0 Å². The summed E-state index contributed by atoms with van der Waals surface area (Å²) in [6.07, 6.45) is 0. The highest BCUT2D eigenvalue weighted by Gasteiger charge is 2.10. The minimum absolute atomic E-state index is 0.00655. The van der Waals surface area contributed by atoms with E-state index in [1.807, 2.05) is 0 Å². The molecule has 4 N–H and O–H groups in total. The Morgan fingerprint density at radius 3 is 2.56 bits per heavy atom. The molecule has 1 unspecified atom stereocenters. The van der Waals surface area contributed by atoms with Gasteiger partial charge in [-0.2, -0.15) is 0 Å². The van der Waals surface area contributed by atoms with Gasteiger partial charge in [0.25, 0.3) is 0 Å². The Morgan fingerprint density at radius 1 is 1.33 bits per heavy atom. The van der Waals surface area contributed by atoms with Crippen LogP contribution in [-0.4, -0.2) is 31.4 Å². The number of methoxy groups -OCH3 is 1. The molecular formula is C14H24N2O2. The summed E-state index contributed by atoms with van der Waals surface area (Å²) >= 11 is 0. The second-order valence-electron chi connectivity index (χ2n) is 4.70. The van der Waals surface area contributed by atoms with Crippen molar-refractivity contribution in [3.63, 3.8) is 0 Å². The van der Waals surface area contributed by atoms with Gasteiger partial charge in [0, 0.05) is 19.1 Å². The van der Waals surface area contributed by atoms with Crippen LogP contribution in [0.15, 0.2) is 6.07 Å². The van der Waals surface area contributed by atoms with Crippen LogP contribution in [-0.2, 0) is 6.54 Å². The molecule has 1 aromatic carbocycles. The van der Waals surface area contributed by atoms with E-state index in [1.165, 1.54) is 22.3 Å². The highest BCUT2D eigenvalue weighted by molar-refractivity contribution is 5.48. The molecule has 0 saturated heterocycles. The zero-order valence-electron chi connectivity index (χ0n) is 11.7. The maximum atomic E-state index is 8.87. The molecule has 0 amide bonds. The first-order chi connectivity index (χ1) is 8.51. The Hall–Kier alpha value is -1.10. The topological polar surface area (TPSA) is 67.5 Å². The monoisotopic (exact) mass is 252 g/mol. The summed E-state index contributed by atoms with van der Waals surface area (Å²) in [5.41, 5.74) is 10.6. The van der Waals surface area contributed by atoms with E-state index < -0.39 is 0 Å². The number of aryl methyl sites for hydroxylation is 1. The highest BCUT2D eigenvalue weighted by Crippen LogP contribution is 2.27. The van der Waals surface area contributed by atoms with Crippen molar-refractivity contribution in [2.24, 2.45) is 5.73 Å². The molecule has 18 heavy (non-hydrogen) atoms. The molecule has 1 aromatic rings. The van der Waals surface area contributed by atoms with Crippen molar-refractivity contribution in [1.82, 2.24) is 5.32 Å². The largest absolute Gasteiger partial charge is 0.496 e. The summed E-state index contributed by atoms with van der Waals surface area (Å²) in [4.78, 5) is 0. The number of hydrogen-bond donors (Lipinski definition) is 3. The quantitative estimate of drug-likeness (QED) is 0.707. The van der Waals surface area contributed by atoms with E-state index >= 15 is 0 Å². The van der Waals surface area contributed by atoms with Crippen LogP contribution in [0.25, 0.3) is 0 Å². The van der Waals surface area contributed by atoms with Crippen molar-refractivity contribution in [3.05, 3.63) is 28.3 Å². The second-order valence-corrected chi connectivity index (χ2v) is 4.70. The van der Waals surface area contributed by atoms with Gasteiger partial charge in [0.1, 0.15) is 5.75 Å². The minimum atomic E-state index is -0.204. The molecule has 0 aliphatic carbocycles. The molecule has 0 spiro atoms. The maximum Gasteiger partial charge on any atom is 0.122 e. The van der Waals surface area contributed by atoms with Gasteiger partial charge in [0.2, 0.25) is 0 Å². The molecule has 0 radical (unpaired) electrons. The smallest absolute Gasteiger partial charge is 0.122 e. The zero-order valence-corrected chi connectivity index (χ0v) is 11.7. The summed E-state index contributed by atoms with van der Waals surface area (Å²) in [6, 6.07) is 1.86. The highest BCUT2D eigenvalue weighted by atomic mass is 16.5. The van der Waals surface area contributed by atoms with Gasteiger partial charge in [0.15, 0.2) is 0 Å². The van der Waals surface area contributed by atoms with E-state index in [0.717, 1.165) is 12.3 Å². The number of hydrogen-bond acceptors (Lipinski definition) is 4. The van der Waals surface area contributed by atoms with Crippen molar-refractivity contribution in [3.8, 4) is 5.75 Å². The number of aliphatic hydroxyl groups excluding tert-OH is 1. The number of nitrogens with one attached hydrogen (secondary N) is 1. The average Bonchev–Trinajstić information content (AvgIpc) is 2.37. The molecule has 0 bridgehead atoms. The molecule has 1 rings (SSSR count). The Bertz CT molecular complexity index is 405. The van der Waals surface area contributed by atoms with Gasteiger partial charge in [-0.15, -0.1) is 0 Å². The average molecular weight is 252 g/mol. The van der Waals surface area contributed by atoms with Crippen LogP contribution in [0.1, 0.15) is 22.3 Å². The van der Waals surface area contributed by atoms with Crippen LogP contribution in [0, 0.1) is 20.8 Å². The summed E-state index contributed by atoms with van der Waals surface area (Å²) in [7, 11) is 1.69. The molecule has 4 heteroatoms. The molecule has 0 aromatic heterocycles. The van der Waals surface area contributed by atoms with E-state index in [1.54, 1.807) is 7.11 Å². The minimum Gasteiger partial charge on any atom is -0.496 e. The number of rotatable bonds is 6. The number of aliphatic hydroxyl groups is 1. The molecule has 0 aliphatic heterocycles. The van der Waals surface area contributed by atoms with Crippen molar-refractivity contribution >= 4 is 0 Å². The number of ether oxygens (including phenoxy) is 1. The predicted octanol–water partition coefficient (Wildman–Crippen LogP) is 1.03. The summed E-state index contributed by atoms with van der Waals surface area (Å²) in [5, 5.41) is 12.1. The van der Waals surface area contributed by atoms with E-state index in [9.17, 15) is 0 Å². The van der Waals surface area contributed by atoms with E-state index in [4.69, 9.17) is 15.6 Å². The van der Waals surface area contributed by atoms with E-state index in [-0.39, 0.29) is 12.6 Å². The zero-order chi connectivity index (χ0) is 13.7. The Balaban J connectivity index is 2.80. The van der Waals surface area contributed by atoms with Gasteiger partial charge in [-0.05, 0) is 49.1 Å². The summed E-state index contributed by atoms with van der Waals surface area (Å²) < 4.78 is 5.35. The SMILES string of the molecule is COc1cc(C)c(CNCC(N)CO)c(C)c1C. The third kappa shape index (κ3) is 3.45. The Kier molecular flexibility index (Phi) is 5.59. The third-order valence-electron chi connectivity index (χ3n) is 3.37. The maximum absolute atomic E-state index is 8.87. The van der Waals surface area contributed by atoms with Gasteiger partial charge in [-0.25, -0.2) is 0 Å². The molecule has 0 heterocycles. The molecule has 4 nitrogen and oxygen atoms in total. The van der Waals surface area contributed by atoms with Gasteiger partial charge in [0.05, 0.1) is 13.7 Å². The first-order valence-corrected chi connectivity index (χ1v) is 6.22. The molecule has 0 fully saturated rings. The fourth-order valence-corrected chi connectivity index (χ4v) is 2.03. The Morgan fingerprint density at radius 2 is 2.00 bits per heavy atom. The first kappa shape index (κ1) is 15.0. The lowest BCUT2D eigenvalue weighted by molar-refractivity contribution is 0.262. The summed E-state index contributed by atoms with van der Waals surface area (Å²) in [5.74, 6) is 0.931. The summed E-state index contributed by atoms with van der Waals surface area (Å²) in [6.45, 7) is 7.63. The fourth-order valence-electron chi connectivity index (χ4n) is 2.03. The molecule has 102 valence electrons. The van der Waals surface area contributed by atoms with E-state index in [0.29, 0.717) is 6.54 Å². The van der Waals surface area contributed by atoms with Gasteiger partial charge in [-0.1, -0.05) is 0 Å². The van der Waals surface area contributed by atoms with Crippen molar-refractivity contribution in [2.75, 3.05) is 20.3 Å². The van der Waals surface area contributed by atoms with Crippen molar-refractivity contribution in [2.45, 2.75) is 33.4 Å². The van der Waals surface area contributed by atoms with Crippen LogP contribution in [0.2, 0.25) is 0 Å². The van der Waals surface area contributed by atoms with Crippen LogP contribution in [0.4, 0.5) is 0 Å². The Labute approximate surface area is 109 Å². The standard InChI is InChI=1S/C14H24N2O2/c1-9-5-14(18-4)11(3)10(2)13(9)7-16-6-12(15)8-17/h5,12,16-17H,6-8,15H2,1-4H3. The molecule has 0 aliphatic rings. The van der Waals surface area contributed by atoms with Gasteiger partial charge < -0.3 is 20.9 Å². The van der Waals surface area contributed by atoms with Crippen LogP contribution in [0.3, 0.4) is 0 Å². The number of nitrogens with two attached hydrogens (primary N) is 1. The molecule has 1 atom stereocenters. The first-order valence-electron chi connectivity index (χ1n) is 6.22. The lowest BCUT2D eigenvalue weighted by Gasteiger charge is -2.17. The van der Waals surface area contributed by atoms with E-state index in [2.05, 4.69) is 32.2 Å². The third-order valence-corrected chi connectivity index (χ3v) is 3.37. The fraction of sp³-hybridized carbons (Fsp3) is 0.571. The predicted molar refractivity (Wildman–Crippen MR) is 74.0 cm³/mol. The normalized spacial score (nSPS) is 12.6. The van der Waals surface area contributed by atoms with Gasteiger partial charge >= 0.3 is 0 Å². The van der Waals surface area contributed by atoms with Crippen molar-refractivity contribution < 1.29 is 9.84 Å². The van der Waals surface area contributed by atoms with Crippen molar-refractivity contribution in [1.29, 1.82) is 0 Å². The second kappa shape index (κ2) is 6.73. The lowest BCUT2D eigenvalue weighted by Crippen LogP contribution is -2.36. The van der Waals surface area contributed by atoms with Crippen LogP contribution >= 0.6 is 0 Å². The molecule has 0 saturated carbocycles. The lowest BCUT2D eigenvalue weighted by atomic mass is 9.97. The molecular weight excluding hydrogens is 228 g/mol. The van der Waals surface area contributed by atoms with Crippen LogP contribution in [0.5, 0.6) is 5.75 Å². The number of benzene rings is 1. The van der Waals surface area contributed by atoms with Crippen LogP contribution < -0.4 is 15.8 Å².